The number of hydrogen-bond donors (Lipinski definition) is 0. The zero-order valence-corrected chi connectivity index (χ0v) is 21.8. The molecule has 0 radical (unpaired) electrons. The summed E-state index contributed by atoms with van der Waals surface area (Å²) in [4.78, 5) is 0. The van der Waals surface area contributed by atoms with Crippen LogP contribution in [0, 0.1) is 0 Å². The maximum atomic E-state index is 9.37. The fraction of sp³-hybridized carbons (Fsp3) is 0. The second-order valence-electron chi connectivity index (χ2n) is 9.84. The lowest BCUT2D eigenvalue weighted by atomic mass is 9.84. The molecule has 0 saturated carbocycles. The van der Waals surface area contributed by atoms with Crippen molar-refractivity contribution in [2.45, 2.75) is 0 Å². The Hall–Kier alpha value is -5.40. The molecule has 1 heterocycles. The van der Waals surface area contributed by atoms with Crippen molar-refractivity contribution >= 4 is 32.5 Å². The molecule has 7 aromatic carbocycles. The molecule has 0 amide bonds. The van der Waals surface area contributed by atoms with E-state index in [0.29, 0.717) is 39.0 Å². The molecule has 0 atom stereocenters. The van der Waals surface area contributed by atoms with Crippen molar-refractivity contribution < 1.29 is 15.4 Å². The van der Waals surface area contributed by atoms with Gasteiger partial charge in [0.05, 0.1) is 11.0 Å². The highest BCUT2D eigenvalue weighted by atomic mass is 16.3. The zero-order valence-electron chi connectivity index (χ0n) is 29.8. The summed E-state index contributed by atoms with van der Waals surface area (Å²) in [6, 6.07) is 30.9. The Bertz CT molecular complexity index is 2530. The smallest absolute Gasteiger partial charge is 0.143 e. The van der Waals surface area contributed by atoms with Gasteiger partial charge >= 0.3 is 0 Å². The van der Waals surface area contributed by atoms with Crippen molar-refractivity contribution in [2.24, 2.45) is 0 Å². The van der Waals surface area contributed by atoms with E-state index < -0.39 is 24.2 Å². The molecular formula is C40H26O. The predicted octanol–water partition coefficient (Wildman–Crippen LogP) is 11.4. The van der Waals surface area contributed by atoms with Gasteiger partial charge in [-0.05, 0) is 38.2 Å². The Labute approximate surface area is 250 Å². The third kappa shape index (κ3) is 3.78. The van der Waals surface area contributed by atoms with E-state index >= 15 is 0 Å². The Morgan fingerprint density at radius 2 is 0.878 bits per heavy atom. The van der Waals surface area contributed by atoms with Crippen LogP contribution in [0.15, 0.2) is 162 Å². The number of rotatable bonds is 4. The molecule has 1 nitrogen and oxygen atoms in total. The minimum Gasteiger partial charge on any atom is -0.455 e. The number of fused-ring (bicyclic) bond motifs is 3. The lowest BCUT2D eigenvalue weighted by Gasteiger charge is -2.18. The lowest BCUT2D eigenvalue weighted by Crippen LogP contribution is -1.91. The Kier molecular flexibility index (Phi) is 3.92. The fourth-order valence-electron chi connectivity index (χ4n) is 5.77. The maximum Gasteiger partial charge on any atom is 0.143 e. The summed E-state index contributed by atoms with van der Waals surface area (Å²) >= 11 is 0. The van der Waals surface area contributed by atoms with Crippen LogP contribution in [0.5, 0.6) is 0 Å². The Morgan fingerprint density at radius 1 is 0.390 bits per heavy atom. The molecule has 1 aromatic heterocycles. The van der Waals surface area contributed by atoms with E-state index in [2.05, 4.69) is 0 Å². The monoisotopic (exact) mass is 530 g/mol. The first kappa shape index (κ1) is 16.6. The van der Waals surface area contributed by atoms with E-state index in [1.54, 1.807) is 24.3 Å². The molecule has 0 bridgehead atoms. The van der Waals surface area contributed by atoms with Gasteiger partial charge in [-0.1, -0.05) is 158 Å². The highest BCUT2D eigenvalue weighted by Gasteiger charge is 2.25. The van der Waals surface area contributed by atoms with E-state index in [-0.39, 0.29) is 51.3 Å². The number of benzene rings is 7. The fourth-order valence-corrected chi connectivity index (χ4v) is 5.77. The standard InChI is InChI=1S/C40H26O/c1-4-15-27(16-5-1)30-25-14-26-35-38(39(41-40(30)35)29-19-8-3-9-20-29)37-33-23-12-10-21-31(33)36(28-17-6-2-7-18-28)32-22-11-13-24-34(32)37/h1-26H/i10D,11D,12D,13D,21D,22D,23D,24D. The molecule has 0 unspecified atom stereocenters. The number of para-hydroxylation sites is 1. The van der Waals surface area contributed by atoms with Crippen LogP contribution in [0.3, 0.4) is 0 Å². The molecular weight excluding hydrogens is 496 g/mol. The van der Waals surface area contributed by atoms with Crippen LogP contribution in [-0.2, 0) is 0 Å². The molecule has 0 fully saturated rings. The lowest BCUT2D eigenvalue weighted by molar-refractivity contribution is 0.633. The molecule has 192 valence electrons. The summed E-state index contributed by atoms with van der Waals surface area (Å²) in [5, 5.41) is 1.25. The summed E-state index contributed by atoms with van der Waals surface area (Å²) < 4.78 is 79.1. The molecule has 0 aliphatic rings. The minimum atomic E-state index is -0.447. The van der Waals surface area contributed by atoms with Crippen molar-refractivity contribution in [3.8, 4) is 44.7 Å². The molecule has 41 heavy (non-hydrogen) atoms. The second kappa shape index (κ2) is 9.66. The average Bonchev–Trinajstić information content (AvgIpc) is 3.54. The largest absolute Gasteiger partial charge is 0.455 e. The van der Waals surface area contributed by atoms with Gasteiger partial charge in [0.1, 0.15) is 11.3 Å². The van der Waals surface area contributed by atoms with Crippen LogP contribution in [0.25, 0.3) is 77.2 Å². The molecule has 8 rings (SSSR count). The first-order valence-electron chi connectivity index (χ1n) is 17.4. The quantitative estimate of drug-likeness (QED) is 0.206. The van der Waals surface area contributed by atoms with Crippen molar-refractivity contribution in [2.75, 3.05) is 0 Å². The van der Waals surface area contributed by atoms with Gasteiger partial charge < -0.3 is 4.42 Å². The average molecular weight is 531 g/mol. The van der Waals surface area contributed by atoms with Gasteiger partial charge in [-0.2, -0.15) is 0 Å². The summed E-state index contributed by atoms with van der Waals surface area (Å²) in [5.41, 5.74) is 4.56. The zero-order chi connectivity index (χ0) is 34.1. The topological polar surface area (TPSA) is 13.1 Å². The van der Waals surface area contributed by atoms with Crippen molar-refractivity contribution in [3.63, 3.8) is 0 Å². The number of furan rings is 1. The summed E-state index contributed by atoms with van der Waals surface area (Å²) in [5.74, 6) is 0.411. The highest BCUT2D eigenvalue weighted by Crippen LogP contribution is 2.50. The maximum absolute atomic E-state index is 9.37. The third-order valence-electron chi connectivity index (χ3n) is 7.52. The van der Waals surface area contributed by atoms with Gasteiger partial charge in [0, 0.05) is 27.6 Å². The molecule has 0 spiro atoms. The van der Waals surface area contributed by atoms with Gasteiger partial charge in [-0.3, -0.25) is 0 Å². The van der Waals surface area contributed by atoms with Crippen molar-refractivity contribution in [1.82, 2.24) is 0 Å². The normalized spacial score (nSPS) is 14.1. The van der Waals surface area contributed by atoms with Gasteiger partial charge in [0.15, 0.2) is 0 Å². The van der Waals surface area contributed by atoms with Gasteiger partial charge in [0.25, 0.3) is 0 Å². The first-order chi connectivity index (χ1) is 23.7. The Balaban J connectivity index is 1.71. The van der Waals surface area contributed by atoms with Gasteiger partial charge in [0.2, 0.25) is 0 Å². The minimum absolute atomic E-state index is 0.146. The van der Waals surface area contributed by atoms with E-state index in [1.807, 2.05) is 84.9 Å². The predicted molar refractivity (Wildman–Crippen MR) is 173 cm³/mol. The van der Waals surface area contributed by atoms with Crippen LogP contribution in [0.1, 0.15) is 11.0 Å². The van der Waals surface area contributed by atoms with Gasteiger partial charge in [-0.15, -0.1) is 0 Å². The van der Waals surface area contributed by atoms with Crippen LogP contribution in [-0.4, -0.2) is 0 Å². The highest BCUT2D eigenvalue weighted by molar-refractivity contribution is 6.25. The molecule has 0 aliphatic carbocycles. The first-order valence-corrected chi connectivity index (χ1v) is 13.4. The summed E-state index contributed by atoms with van der Waals surface area (Å²) in [6.07, 6.45) is 0. The third-order valence-corrected chi connectivity index (χ3v) is 7.52. The molecule has 0 saturated heterocycles. The van der Waals surface area contributed by atoms with Crippen LogP contribution < -0.4 is 0 Å². The van der Waals surface area contributed by atoms with Crippen LogP contribution >= 0.6 is 0 Å². The van der Waals surface area contributed by atoms with Crippen LogP contribution in [0.4, 0.5) is 0 Å². The molecule has 1 heteroatoms. The molecule has 0 aliphatic heterocycles. The number of hydrogen-bond acceptors (Lipinski definition) is 1. The van der Waals surface area contributed by atoms with Crippen molar-refractivity contribution in [3.05, 3.63) is 158 Å². The van der Waals surface area contributed by atoms with E-state index in [0.717, 1.165) is 11.1 Å². The van der Waals surface area contributed by atoms with Crippen LogP contribution in [0.2, 0.25) is 0 Å². The van der Waals surface area contributed by atoms with E-state index in [4.69, 9.17) is 9.90 Å². The summed E-state index contributed by atoms with van der Waals surface area (Å²) in [6.45, 7) is 0. The van der Waals surface area contributed by atoms with E-state index in [1.165, 1.54) is 0 Å². The summed E-state index contributed by atoms with van der Waals surface area (Å²) in [7, 11) is 0. The SMILES string of the molecule is [2H]c1c([2H])c([2H])c2c(-c3c(-c4ccccc4)oc4c(-c5ccccc5)cccc34)c3c([2H])c([2H])c([2H])c([2H])c3c(-c3ccccc3)c2c1[2H]. The molecule has 0 N–H and O–H groups in total. The second-order valence-corrected chi connectivity index (χ2v) is 9.84. The Morgan fingerprint density at radius 3 is 1.44 bits per heavy atom. The van der Waals surface area contributed by atoms with Gasteiger partial charge in [-0.25, -0.2) is 0 Å². The van der Waals surface area contributed by atoms with Crippen molar-refractivity contribution in [1.29, 1.82) is 0 Å². The van der Waals surface area contributed by atoms with E-state index in [9.17, 15) is 5.48 Å². The molecule has 8 aromatic rings.